The van der Waals surface area contributed by atoms with Gasteiger partial charge in [0, 0.05) is 62.6 Å². The fourth-order valence-corrected chi connectivity index (χ4v) is 4.83. The molecule has 0 aliphatic carbocycles. The average Bonchev–Trinajstić information content (AvgIpc) is 3.28. The van der Waals surface area contributed by atoms with Crippen molar-refractivity contribution in [2.24, 2.45) is 7.05 Å². The highest BCUT2D eigenvalue weighted by molar-refractivity contribution is 6.30. The molecule has 0 saturated heterocycles. The van der Waals surface area contributed by atoms with Gasteiger partial charge in [-0.25, -0.2) is 4.98 Å². The quantitative estimate of drug-likeness (QED) is 0.435. The Morgan fingerprint density at radius 3 is 2.71 bits per heavy atom. The molecule has 0 N–H and O–H groups in total. The lowest BCUT2D eigenvalue weighted by Gasteiger charge is -2.31. The Morgan fingerprint density at radius 2 is 1.94 bits per heavy atom. The number of nitrogens with zero attached hydrogens (tertiary/aromatic N) is 5. The van der Waals surface area contributed by atoms with Crippen molar-refractivity contribution in [2.75, 3.05) is 6.54 Å². The number of nitriles is 1. The van der Waals surface area contributed by atoms with Crippen molar-refractivity contribution in [3.05, 3.63) is 111 Å². The molecule has 0 spiro atoms. The lowest BCUT2D eigenvalue weighted by atomic mass is 9.94. The molecule has 1 aliphatic rings. The van der Waals surface area contributed by atoms with E-state index < -0.39 is 0 Å². The SMILES string of the molecule is Cn1c2c(c(-c3cccc(Cl)c3)cc1=O)CN(Cc1cncn1Cc1ccc(C#N)cc1)CC2. The molecule has 0 unspecified atom stereocenters. The van der Waals surface area contributed by atoms with Crippen LogP contribution in [0.1, 0.15) is 28.1 Å². The van der Waals surface area contributed by atoms with Crippen LogP contribution in [0.5, 0.6) is 0 Å². The summed E-state index contributed by atoms with van der Waals surface area (Å²) >= 11 is 6.25. The standard InChI is InChI=1S/C27H24ClN5O/c1-31-26-9-10-32(17-25(26)24(12-27(31)34)21-3-2-4-22(28)11-21)16-23-14-30-18-33(23)15-20-7-5-19(13-29)6-8-20/h2-8,11-12,14,18H,9-10,15-17H2,1H3. The third-order valence-corrected chi connectivity index (χ3v) is 6.71. The number of hydrogen-bond donors (Lipinski definition) is 0. The second-order valence-corrected chi connectivity index (χ2v) is 9.11. The van der Waals surface area contributed by atoms with Gasteiger partial charge in [0.2, 0.25) is 0 Å². The first kappa shape index (κ1) is 22.1. The molecule has 7 heteroatoms. The largest absolute Gasteiger partial charge is 0.329 e. The van der Waals surface area contributed by atoms with E-state index in [2.05, 4.69) is 20.5 Å². The summed E-state index contributed by atoms with van der Waals surface area (Å²) in [6.07, 6.45) is 4.57. The lowest BCUT2D eigenvalue weighted by molar-refractivity contribution is 0.235. The van der Waals surface area contributed by atoms with Gasteiger partial charge in [0.15, 0.2) is 0 Å². The summed E-state index contributed by atoms with van der Waals surface area (Å²) in [5, 5.41) is 9.68. The van der Waals surface area contributed by atoms with Crippen LogP contribution in [0.15, 0.2) is 71.9 Å². The third-order valence-electron chi connectivity index (χ3n) is 6.48. The first-order valence-corrected chi connectivity index (χ1v) is 11.6. The average molecular weight is 470 g/mol. The molecule has 5 rings (SSSR count). The summed E-state index contributed by atoms with van der Waals surface area (Å²) < 4.78 is 3.92. The minimum absolute atomic E-state index is 0.00247. The molecule has 0 radical (unpaired) electrons. The lowest BCUT2D eigenvalue weighted by Crippen LogP contribution is -2.35. The van der Waals surface area contributed by atoms with Crippen molar-refractivity contribution < 1.29 is 0 Å². The van der Waals surface area contributed by atoms with Crippen molar-refractivity contribution in [1.29, 1.82) is 5.26 Å². The van der Waals surface area contributed by atoms with Crippen molar-refractivity contribution in [2.45, 2.75) is 26.1 Å². The van der Waals surface area contributed by atoms with Gasteiger partial charge in [-0.05, 0) is 46.5 Å². The summed E-state index contributed by atoms with van der Waals surface area (Å²) in [7, 11) is 1.85. The molecule has 0 fully saturated rings. The van der Waals surface area contributed by atoms with Crippen LogP contribution in [0.2, 0.25) is 5.02 Å². The van der Waals surface area contributed by atoms with E-state index in [4.69, 9.17) is 16.9 Å². The molecule has 4 aromatic rings. The molecular weight excluding hydrogens is 446 g/mol. The van der Waals surface area contributed by atoms with Gasteiger partial charge in [-0.1, -0.05) is 35.9 Å². The summed E-state index contributed by atoms with van der Waals surface area (Å²) in [5.74, 6) is 0. The maximum absolute atomic E-state index is 12.7. The second kappa shape index (κ2) is 9.30. The summed E-state index contributed by atoms with van der Waals surface area (Å²) in [5.41, 5.74) is 7.10. The maximum atomic E-state index is 12.7. The Kier molecular flexibility index (Phi) is 6.06. The molecule has 2 aromatic carbocycles. The first-order chi connectivity index (χ1) is 16.5. The third kappa shape index (κ3) is 4.41. The van der Waals surface area contributed by atoms with E-state index in [1.54, 1.807) is 10.6 Å². The number of fused-ring (bicyclic) bond motifs is 1. The minimum atomic E-state index is 0.00247. The zero-order valence-electron chi connectivity index (χ0n) is 18.9. The normalized spacial score (nSPS) is 13.4. The molecule has 0 atom stereocenters. The van der Waals surface area contributed by atoms with Gasteiger partial charge in [0.1, 0.15) is 0 Å². The first-order valence-electron chi connectivity index (χ1n) is 11.2. The van der Waals surface area contributed by atoms with E-state index in [1.807, 2.05) is 68.1 Å². The van der Waals surface area contributed by atoms with Gasteiger partial charge in [0.05, 0.1) is 23.7 Å². The molecule has 0 saturated carbocycles. The number of hydrogen-bond acceptors (Lipinski definition) is 4. The van der Waals surface area contributed by atoms with Crippen molar-refractivity contribution in [3.63, 3.8) is 0 Å². The van der Waals surface area contributed by atoms with Gasteiger partial charge in [-0.3, -0.25) is 9.69 Å². The van der Waals surface area contributed by atoms with E-state index in [0.29, 0.717) is 17.1 Å². The summed E-state index contributed by atoms with van der Waals surface area (Å²) in [6.45, 7) is 3.07. The summed E-state index contributed by atoms with van der Waals surface area (Å²) in [4.78, 5) is 19.4. The Labute approximate surface area is 203 Å². The zero-order chi connectivity index (χ0) is 23.7. The molecule has 6 nitrogen and oxygen atoms in total. The predicted octanol–water partition coefficient (Wildman–Crippen LogP) is 4.38. The molecule has 2 aromatic heterocycles. The van der Waals surface area contributed by atoms with Gasteiger partial charge in [-0.2, -0.15) is 5.26 Å². The predicted molar refractivity (Wildman–Crippen MR) is 132 cm³/mol. The number of pyridine rings is 1. The smallest absolute Gasteiger partial charge is 0.251 e. The number of aromatic nitrogens is 3. The van der Waals surface area contributed by atoms with Crippen LogP contribution >= 0.6 is 11.6 Å². The molecule has 0 amide bonds. The Hall–Kier alpha value is -3.66. The van der Waals surface area contributed by atoms with E-state index in [1.165, 1.54) is 5.56 Å². The maximum Gasteiger partial charge on any atom is 0.251 e. The van der Waals surface area contributed by atoms with Crippen LogP contribution < -0.4 is 5.56 Å². The van der Waals surface area contributed by atoms with Crippen LogP contribution in [0, 0.1) is 11.3 Å². The van der Waals surface area contributed by atoms with Crippen LogP contribution in [-0.2, 0) is 33.1 Å². The Morgan fingerprint density at radius 1 is 1.12 bits per heavy atom. The van der Waals surface area contributed by atoms with Crippen molar-refractivity contribution in [3.8, 4) is 17.2 Å². The molecule has 0 bridgehead atoms. The molecule has 1 aliphatic heterocycles. The minimum Gasteiger partial charge on any atom is -0.329 e. The highest BCUT2D eigenvalue weighted by Crippen LogP contribution is 2.31. The van der Waals surface area contributed by atoms with Crippen LogP contribution in [-0.4, -0.2) is 25.6 Å². The zero-order valence-corrected chi connectivity index (χ0v) is 19.7. The highest BCUT2D eigenvalue weighted by atomic mass is 35.5. The summed E-state index contributed by atoms with van der Waals surface area (Å²) in [6, 6.07) is 19.2. The van der Waals surface area contributed by atoms with Gasteiger partial charge < -0.3 is 9.13 Å². The Bertz CT molecular complexity index is 1450. The van der Waals surface area contributed by atoms with Crippen molar-refractivity contribution >= 4 is 11.6 Å². The number of halogens is 1. The van der Waals surface area contributed by atoms with Crippen LogP contribution in [0.3, 0.4) is 0 Å². The van der Waals surface area contributed by atoms with E-state index in [0.717, 1.165) is 54.1 Å². The topological polar surface area (TPSA) is 66.8 Å². The fourth-order valence-electron chi connectivity index (χ4n) is 4.64. The van der Waals surface area contributed by atoms with Crippen molar-refractivity contribution in [1.82, 2.24) is 19.0 Å². The Balaban J connectivity index is 1.41. The van der Waals surface area contributed by atoms with E-state index >= 15 is 0 Å². The van der Waals surface area contributed by atoms with E-state index in [9.17, 15) is 4.79 Å². The molecular formula is C27H24ClN5O. The monoisotopic (exact) mass is 469 g/mol. The highest BCUT2D eigenvalue weighted by Gasteiger charge is 2.23. The van der Waals surface area contributed by atoms with Gasteiger partial charge in [0.25, 0.3) is 5.56 Å². The van der Waals surface area contributed by atoms with E-state index in [-0.39, 0.29) is 5.56 Å². The second-order valence-electron chi connectivity index (χ2n) is 8.67. The number of rotatable bonds is 5. The van der Waals surface area contributed by atoms with Crippen LogP contribution in [0.4, 0.5) is 0 Å². The van der Waals surface area contributed by atoms with Gasteiger partial charge >= 0.3 is 0 Å². The fraction of sp³-hybridized carbons (Fsp3) is 0.222. The molecule has 170 valence electrons. The van der Waals surface area contributed by atoms with Crippen LogP contribution in [0.25, 0.3) is 11.1 Å². The molecule has 34 heavy (non-hydrogen) atoms. The number of imidazole rings is 1. The number of benzene rings is 2. The molecule has 3 heterocycles. The van der Waals surface area contributed by atoms with Gasteiger partial charge in [-0.15, -0.1) is 0 Å².